The number of hydrogen-bond donors (Lipinski definition) is 2. The first-order chi connectivity index (χ1) is 9.29. The van der Waals surface area contributed by atoms with Crippen LogP contribution in [0.2, 0.25) is 0 Å². The summed E-state index contributed by atoms with van der Waals surface area (Å²) in [5.41, 5.74) is 5.44. The lowest BCUT2D eigenvalue weighted by atomic mass is 10.3. The van der Waals surface area contributed by atoms with Gasteiger partial charge in [-0.05, 0) is 19.1 Å². The predicted molar refractivity (Wildman–Crippen MR) is 74.6 cm³/mol. The first kappa shape index (κ1) is 13.5. The molecule has 0 saturated heterocycles. The lowest BCUT2D eigenvalue weighted by molar-refractivity contribution is 0.289. The van der Waals surface area contributed by atoms with Crippen molar-refractivity contribution in [1.29, 1.82) is 0 Å². The number of nitrogen functional groups attached to an aromatic ring is 1. The van der Waals surface area contributed by atoms with E-state index in [9.17, 15) is 0 Å². The average molecular weight is 280 g/mol. The van der Waals surface area contributed by atoms with Gasteiger partial charge in [-0.15, -0.1) is 5.10 Å². The Morgan fingerprint density at radius 3 is 2.63 bits per heavy atom. The number of aromatic amines is 1. The molecule has 0 aliphatic rings. The standard InChI is InChI=1S/C12H16N4O2S/c1-2-17-9-5-3-4-6-10(9)18-7-8-19-12-14-11(13)15-16-12/h3-6H,2,7-8H2,1H3,(H3,13,14,15,16). The van der Waals surface area contributed by atoms with Crippen LogP contribution in [-0.4, -0.2) is 34.1 Å². The number of rotatable bonds is 7. The van der Waals surface area contributed by atoms with Crippen LogP contribution in [0.1, 0.15) is 6.92 Å². The van der Waals surface area contributed by atoms with E-state index in [0.29, 0.717) is 24.3 Å². The quantitative estimate of drug-likeness (QED) is 0.595. The van der Waals surface area contributed by atoms with E-state index in [4.69, 9.17) is 15.2 Å². The van der Waals surface area contributed by atoms with Crippen molar-refractivity contribution in [3.05, 3.63) is 24.3 Å². The minimum absolute atomic E-state index is 0.324. The second-order valence-corrected chi connectivity index (χ2v) is 4.64. The molecule has 0 radical (unpaired) electrons. The van der Waals surface area contributed by atoms with Crippen molar-refractivity contribution in [2.24, 2.45) is 0 Å². The van der Waals surface area contributed by atoms with Crippen LogP contribution in [0.15, 0.2) is 29.4 Å². The Balaban J connectivity index is 1.79. The van der Waals surface area contributed by atoms with Gasteiger partial charge in [-0.1, -0.05) is 23.9 Å². The topological polar surface area (TPSA) is 86.0 Å². The van der Waals surface area contributed by atoms with Gasteiger partial charge in [0.2, 0.25) is 11.1 Å². The number of thioether (sulfide) groups is 1. The third-order valence-corrected chi connectivity index (χ3v) is 3.01. The van der Waals surface area contributed by atoms with E-state index in [0.717, 1.165) is 17.3 Å². The number of anilines is 1. The summed E-state index contributed by atoms with van der Waals surface area (Å²) in [6.45, 7) is 3.11. The number of para-hydroxylation sites is 2. The number of nitrogens with two attached hydrogens (primary N) is 1. The zero-order valence-corrected chi connectivity index (χ0v) is 11.4. The summed E-state index contributed by atoms with van der Waals surface area (Å²) < 4.78 is 11.2. The van der Waals surface area contributed by atoms with E-state index in [1.807, 2.05) is 31.2 Å². The molecular formula is C12H16N4O2S. The predicted octanol–water partition coefficient (Wildman–Crippen LogP) is 1.96. The molecule has 3 N–H and O–H groups in total. The molecule has 0 bridgehead atoms. The summed E-state index contributed by atoms with van der Waals surface area (Å²) in [5.74, 6) is 2.57. The molecule has 0 spiro atoms. The summed E-state index contributed by atoms with van der Waals surface area (Å²) in [6, 6.07) is 7.62. The first-order valence-corrected chi connectivity index (χ1v) is 6.93. The van der Waals surface area contributed by atoms with Crippen LogP contribution >= 0.6 is 11.8 Å². The van der Waals surface area contributed by atoms with E-state index >= 15 is 0 Å². The van der Waals surface area contributed by atoms with Crippen LogP contribution in [0.5, 0.6) is 11.5 Å². The number of H-pyrrole nitrogens is 1. The highest BCUT2D eigenvalue weighted by atomic mass is 32.2. The van der Waals surface area contributed by atoms with Crippen LogP contribution in [0, 0.1) is 0 Å². The molecule has 0 fully saturated rings. The molecule has 0 aliphatic carbocycles. The average Bonchev–Trinajstić information content (AvgIpc) is 2.83. The molecule has 2 aromatic rings. The summed E-state index contributed by atoms with van der Waals surface area (Å²) in [6.07, 6.45) is 0. The SMILES string of the molecule is CCOc1ccccc1OCCSc1n[nH]c(N)n1. The van der Waals surface area contributed by atoms with Crippen molar-refractivity contribution in [2.75, 3.05) is 24.7 Å². The van der Waals surface area contributed by atoms with Crippen molar-refractivity contribution in [3.8, 4) is 11.5 Å². The van der Waals surface area contributed by atoms with Crippen molar-refractivity contribution in [2.45, 2.75) is 12.1 Å². The van der Waals surface area contributed by atoms with E-state index in [2.05, 4.69) is 15.2 Å². The normalized spacial score (nSPS) is 10.4. The van der Waals surface area contributed by atoms with E-state index in [1.165, 1.54) is 11.8 Å². The molecule has 102 valence electrons. The van der Waals surface area contributed by atoms with Gasteiger partial charge in [0, 0.05) is 5.75 Å². The van der Waals surface area contributed by atoms with Gasteiger partial charge in [-0.3, -0.25) is 0 Å². The Morgan fingerprint density at radius 1 is 1.26 bits per heavy atom. The summed E-state index contributed by atoms with van der Waals surface area (Å²) in [7, 11) is 0. The maximum absolute atomic E-state index is 5.68. The highest BCUT2D eigenvalue weighted by Crippen LogP contribution is 2.26. The van der Waals surface area contributed by atoms with Crippen LogP contribution in [0.25, 0.3) is 0 Å². The molecule has 1 heterocycles. The molecule has 0 atom stereocenters. The Bertz CT molecular complexity index is 518. The molecule has 2 rings (SSSR count). The largest absolute Gasteiger partial charge is 0.490 e. The summed E-state index contributed by atoms with van der Waals surface area (Å²) >= 11 is 1.48. The number of nitrogens with zero attached hydrogens (tertiary/aromatic N) is 2. The molecule has 1 aromatic heterocycles. The van der Waals surface area contributed by atoms with E-state index in [1.54, 1.807) is 0 Å². The molecule has 6 nitrogen and oxygen atoms in total. The molecule has 0 amide bonds. The fraction of sp³-hybridized carbons (Fsp3) is 0.333. The third-order valence-electron chi connectivity index (χ3n) is 2.20. The van der Waals surface area contributed by atoms with Crippen molar-refractivity contribution in [1.82, 2.24) is 15.2 Å². The minimum Gasteiger partial charge on any atom is -0.490 e. The van der Waals surface area contributed by atoms with Gasteiger partial charge < -0.3 is 15.2 Å². The highest BCUT2D eigenvalue weighted by Gasteiger charge is 2.04. The Morgan fingerprint density at radius 2 is 2.00 bits per heavy atom. The second kappa shape index (κ2) is 6.89. The van der Waals surface area contributed by atoms with Crippen LogP contribution < -0.4 is 15.2 Å². The molecule has 1 aromatic carbocycles. The number of ether oxygens (including phenoxy) is 2. The monoisotopic (exact) mass is 280 g/mol. The molecule has 0 unspecified atom stereocenters. The maximum atomic E-state index is 5.68. The Labute approximate surface area is 115 Å². The number of hydrogen-bond acceptors (Lipinski definition) is 6. The van der Waals surface area contributed by atoms with Crippen molar-refractivity contribution < 1.29 is 9.47 Å². The number of benzene rings is 1. The molecular weight excluding hydrogens is 264 g/mol. The Hall–Kier alpha value is -1.89. The van der Waals surface area contributed by atoms with Gasteiger partial charge in [0.15, 0.2) is 11.5 Å². The fourth-order valence-corrected chi connectivity index (χ4v) is 2.07. The zero-order valence-electron chi connectivity index (χ0n) is 10.6. The number of nitrogens with one attached hydrogen (secondary N) is 1. The highest BCUT2D eigenvalue weighted by molar-refractivity contribution is 7.99. The van der Waals surface area contributed by atoms with Crippen LogP contribution in [-0.2, 0) is 0 Å². The van der Waals surface area contributed by atoms with Crippen molar-refractivity contribution >= 4 is 17.7 Å². The molecule has 19 heavy (non-hydrogen) atoms. The van der Waals surface area contributed by atoms with Gasteiger partial charge in [0.25, 0.3) is 0 Å². The van der Waals surface area contributed by atoms with Gasteiger partial charge >= 0.3 is 0 Å². The van der Waals surface area contributed by atoms with Crippen molar-refractivity contribution in [3.63, 3.8) is 0 Å². The lowest BCUT2D eigenvalue weighted by Gasteiger charge is -2.10. The fourth-order valence-electron chi connectivity index (χ4n) is 1.45. The minimum atomic E-state index is 0.324. The van der Waals surface area contributed by atoms with Gasteiger partial charge in [0.05, 0.1) is 13.2 Å². The van der Waals surface area contributed by atoms with E-state index < -0.39 is 0 Å². The van der Waals surface area contributed by atoms with Gasteiger partial charge in [-0.2, -0.15) is 4.98 Å². The van der Waals surface area contributed by atoms with Gasteiger partial charge in [-0.25, -0.2) is 5.10 Å². The summed E-state index contributed by atoms with van der Waals surface area (Å²) in [5, 5.41) is 7.14. The molecule has 0 aliphatic heterocycles. The lowest BCUT2D eigenvalue weighted by Crippen LogP contribution is -2.02. The Kier molecular flexibility index (Phi) is 4.91. The third kappa shape index (κ3) is 4.06. The smallest absolute Gasteiger partial charge is 0.216 e. The van der Waals surface area contributed by atoms with E-state index in [-0.39, 0.29) is 0 Å². The first-order valence-electron chi connectivity index (χ1n) is 5.95. The van der Waals surface area contributed by atoms with Crippen LogP contribution in [0.3, 0.4) is 0 Å². The second-order valence-electron chi connectivity index (χ2n) is 3.58. The summed E-state index contributed by atoms with van der Waals surface area (Å²) in [4.78, 5) is 4.00. The number of aromatic nitrogens is 3. The zero-order chi connectivity index (χ0) is 13.5. The van der Waals surface area contributed by atoms with Gasteiger partial charge in [0.1, 0.15) is 0 Å². The molecule has 7 heteroatoms. The molecule has 0 saturated carbocycles. The van der Waals surface area contributed by atoms with Crippen LogP contribution in [0.4, 0.5) is 5.95 Å². The maximum Gasteiger partial charge on any atom is 0.216 e.